The summed E-state index contributed by atoms with van der Waals surface area (Å²) in [7, 11) is -3.25. The van der Waals surface area contributed by atoms with Gasteiger partial charge in [0.2, 0.25) is 10.0 Å². The summed E-state index contributed by atoms with van der Waals surface area (Å²) in [5.74, 6) is 0.144. The summed E-state index contributed by atoms with van der Waals surface area (Å²) >= 11 is 0. The van der Waals surface area contributed by atoms with Gasteiger partial charge >= 0.3 is 0 Å². The van der Waals surface area contributed by atoms with Gasteiger partial charge in [0.1, 0.15) is 0 Å². The van der Waals surface area contributed by atoms with E-state index in [1.54, 1.807) is 0 Å². The second-order valence-corrected chi connectivity index (χ2v) is 7.12. The van der Waals surface area contributed by atoms with Crippen LogP contribution >= 0.6 is 0 Å². The molecule has 0 spiro atoms. The molecule has 1 atom stereocenters. The quantitative estimate of drug-likeness (QED) is 0.914. The number of rotatable bonds is 4. The van der Waals surface area contributed by atoms with E-state index in [0.717, 1.165) is 31.2 Å². The standard InChI is InChI=1S/C14H22N2O2S/c15-14-9-5-2-6-11-16(14)19(17,18)12-10-13-7-3-1-4-8-13/h1,3-4,7-8,14H,2,5-6,9-12,15H2. The topological polar surface area (TPSA) is 63.4 Å². The SMILES string of the molecule is NC1CCCCCN1S(=O)(=O)CCc1ccccc1. The summed E-state index contributed by atoms with van der Waals surface area (Å²) in [6.07, 6.45) is 3.97. The van der Waals surface area contributed by atoms with Crippen LogP contribution in [0.15, 0.2) is 30.3 Å². The zero-order valence-corrected chi connectivity index (χ0v) is 12.0. The largest absolute Gasteiger partial charge is 0.315 e. The molecule has 0 radical (unpaired) electrons. The highest BCUT2D eigenvalue weighted by Gasteiger charge is 2.28. The molecule has 0 bridgehead atoms. The Morgan fingerprint density at radius 3 is 2.63 bits per heavy atom. The lowest BCUT2D eigenvalue weighted by Crippen LogP contribution is -2.46. The Labute approximate surface area is 115 Å². The van der Waals surface area contributed by atoms with Crippen LogP contribution in [0.5, 0.6) is 0 Å². The molecule has 106 valence electrons. The van der Waals surface area contributed by atoms with Crippen LogP contribution < -0.4 is 5.73 Å². The lowest BCUT2D eigenvalue weighted by Gasteiger charge is -2.25. The summed E-state index contributed by atoms with van der Waals surface area (Å²) in [6.45, 7) is 0.568. The molecule has 0 aliphatic carbocycles. The van der Waals surface area contributed by atoms with Crippen LogP contribution in [0.1, 0.15) is 31.2 Å². The van der Waals surface area contributed by atoms with Crippen molar-refractivity contribution in [3.63, 3.8) is 0 Å². The zero-order chi connectivity index (χ0) is 13.7. The van der Waals surface area contributed by atoms with E-state index in [9.17, 15) is 8.42 Å². The van der Waals surface area contributed by atoms with Gasteiger partial charge in [0.25, 0.3) is 0 Å². The first-order chi connectivity index (χ1) is 9.09. The van der Waals surface area contributed by atoms with Crippen molar-refractivity contribution < 1.29 is 8.42 Å². The van der Waals surface area contributed by atoms with E-state index in [2.05, 4.69) is 0 Å². The lowest BCUT2D eigenvalue weighted by molar-refractivity contribution is 0.329. The third kappa shape index (κ3) is 4.03. The van der Waals surface area contributed by atoms with E-state index in [4.69, 9.17) is 5.73 Å². The number of nitrogens with two attached hydrogens (primary N) is 1. The third-order valence-corrected chi connectivity index (χ3v) is 5.49. The van der Waals surface area contributed by atoms with Crippen molar-refractivity contribution in [2.45, 2.75) is 38.3 Å². The Kier molecular flexibility index (Phi) is 4.96. The number of sulfonamides is 1. The minimum atomic E-state index is -3.25. The molecule has 1 fully saturated rings. The van der Waals surface area contributed by atoms with Gasteiger partial charge in [0.05, 0.1) is 11.9 Å². The van der Waals surface area contributed by atoms with E-state index < -0.39 is 10.0 Å². The van der Waals surface area contributed by atoms with E-state index in [0.29, 0.717) is 13.0 Å². The highest BCUT2D eigenvalue weighted by Crippen LogP contribution is 2.18. The van der Waals surface area contributed by atoms with Gasteiger partial charge in [0, 0.05) is 6.54 Å². The Hall–Kier alpha value is -0.910. The van der Waals surface area contributed by atoms with Crippen molar-refractivity contribution in [3.8, 4) is 0 Å². The normalized spacial score (nSPS) is 22.1. The van der Waals surface area contributed by atoms with Gasteiger partial charge in [-0.25, -0.2) is 8.42 Å². The first-order valence-electron chi connectivity index (χ1n) is 6.88. The van der Waals surface area contributed by atoms with Gasteiger partial charge in [-0.1, -0.05) is 43.2 Å². The first kappa shape index (κ1) is 14.5. The second kappa shape index (κ2) is 6.50. The summed E-state index contributed by atoms with van der Waals surface area (Å²) in [4.78, 5) is 0. The van der Waals surface area contributed by atoms with E-state index in [1.807, 2.05) is 30.3 Å². The predicted molar refractivity (Wildman–Crippen MR) is 77.1 cm³/mol. The van der Waals surface area contributed by atoms with Crippen LogP contribution in [0, 0.1) is 0 Å². The minimum absolute atomic E-state index is 0.144. The van der Waals surface area contributed by atoms with Crippen LogP contribution in [0.4, 0.5) is 0 Å². The van der Waals surface area contributed by atoms with Crippen LogP contribution in [0.25, 0.3) is 0 Å². The number of nitrogens with zero attached hydrogens (tertiary/aromatic N) is 1. The molecular formula is C14H22N2O2S. The summed E-state index contributed by atoms with van der Waals surface area (Å²) in [5.41, 5.74) is 7.03. The van der Waals surface area contributed by atoms with Gasteiger partial charge < -0.3 is 5.73 Å². The van der Waals surface area contributed by atoms with Gasteiger partial charge in [-0.15, -0.1) is 0 Å². The van der Waals surface area contributed by atoms with Crippen molar-refractivity contribution >= 4 is 10.0 Å². The molecule has 1 unspecified atom stereocenters. The smallest absolute Gasteiger partial charge is 0.215 e. The zero-order valence-electron chi connectivity index (χ0n) is 11.2. The molecule has 4 nitrogen and oxygen atoms in total. The molecule has 2 rings (SSSR count). The average molecular weight is 282 g/mol. The minimum Gasteiger partial charge on any atom is -0.315 e. The van der Waals surface area contributed by atoms with E-state index in [-0.39, 0.29) is 11.9 Å². The van der Waals surface area contributed by atoms with Crippen LogP contribution in [-0.4, -0.2) is 31.2 Å². The van der Waals surface area contributed by atoms with Crippen molar-refractivity contribution in [1.82, 2.24) is 4.31 Å². The Morgan fingerprint density at radius 1 is 1.16 bits per heavy atom. The first-order valence-corrected chi connectivity index (χ1v) is 8.49. The second-order valence-electron chi connectivity index (χ2n) is 5.08. The molecule has 0 aromatic heterocycles. The molecule has 1 aromatic rings. The maximum Gasteiger partial charge on any atom is 0.215 e. The Balaban J connectivity index is 2.01. The molecule has 19 heavy (non-hydrogen) atoms. The highest BCUT2D eigenvalue weighted by atomic mass is 32.2. The molecule has 1 aliphatic heterocycles. The molecule has 5 heteroatoms. The van der Waals surface area contributed by atoms with Gasteiger partial charge in [-0.3, -0.25) is 0 Å². The van der Waals surface area contributed by atoms with Gasteiger partial charge in [-0.2, -0.15) is 4.31 Å². The Bertz CT molecular complexity index is 487. The van der Waals surface area contributed by atoms with Crippen LogP contribution in [0.2, 0.25) is 0 Å². The van der Waals surface area contributed by atoms with Crippen molar-refractivity contribution in [2.24, 2.45) is 5.73 Å². The average Bonchev–Trinajstić information content (AvgIpc) is 2.63. The summed E-state index contributed by atoms with van der Waals surface area (Å²) in [6, 6.07) is 9.71. The predicted octanol–water partition coefficient (Wildman–Crippen LogP) is 1.72. The third-order valence-electron chi connectivity index (χ3n) is 3.60. The molecule has 0 amide bonds. The monoisotopic (exact) mass is 282 g/mol. The molecule has 1 saturated heterocycles. The van der Waals surface area contributed by atoms with E-state index >= 15 is 0 Å². The van der Waals surface area contributed by atoms with Crippen molar-refractivity contribution in [1.29, 1.82) is 0 Å². The fourth-order valence-corrected chi connectivity index (χ4v) is 4.12. The van der Waals surface area contributed by atoms with E-state index in [1.165, 1.54) is 4.31 Å². The Morgan fingerprint density at radius 2 is 1.89 bits per heavy atom. The maximum atomic E-state index is 12.4. The molecule has 2 N–H and O–H groups in total. The fourth-order valence-electron chi connectivity index (χ4n) is 2.46. The molecule has 1 heterocycles. The summed E-state index contributed by atoms with van der Waals surface area (Å²) < 4.78 is 26.2. The highest BCUT2D eigenvalue weighted by molar-refractivity contribution is 7.89. The lowest BCUT2D eigenvalue weighted by atomic mass is 10.2. The number of hydrogen-bond acceptors (Lipinski definition) is 3. The molecule has 1 aromatic carbocycles. The number of benzene rings is 1. The van der Waals surface area contributed by atoms with Crippen molar-refractivity contribution in [2.75, 3.05) is 12.3 Å². The van der Waals surface area contributed by atoms with Crippen LogP contribution in [-0.2, 0) is 16.4 Å². The van der Waals surface area contributed by atoms with Crippen molar-refractivity contribution in [3.05, 3.63) is 35.9 Å². The van der Waals surface area contributed by atoms with Gasteiger partial charge in [-0.05, 0) is 24.8 Å². The molecule has 1 aliphatic rings. The van der Waals surface area contributed by atoms with Crippen LogP contribution in [0.3, 0.4) is 0 Å². The fraction of sp³-hybridized carbons (Fsp3) is 0.571. The maximum absolute atomic E-state index is 12.4. The molecular weight excluding hydrogens is 260 g/mol. The molecule has 0 saturated carbocycles. The summed E-state index contributed by atoms with van der Waals surface area (Å²) in [5, 5.41) is 0. The van der Waals surface area contributed by atoms with Gasteiger partial charge in [0.15, 0.2) is 0 Å². The number of hydrogen-bond donors (Lipinski definition) is 1. The number of aryl methyl sites for hydroxylation is 1.